The van der Waals surface area contributed by atoms with Crippen LogP contribution >= 0.6 is 35.6 Å². The van der Waals surface area contributed by atoms with Crippen molar-refractivity contribution in [2.75, 3.05) is 37.8 Å². The number of nitrogens with zero attached hydrogens (tertiary/aromatic N) is 1. The second-order valence-electron chi connectivity index (χ2n) is 7.31. The van der Waals surface area contributed by atoms with Crippen LogP contribution in [0, 0.1) is 0 Å². The lowest BCUT2D eigenvalue weighted by atomic mass is 9.74. The lowest BCUT2D eigenvalue weighted by Gasteiger charge is -2.37. The van der Waals surface area contributed by atoms with Gasteiger partial charge >= 0.3 is 0 Å². The minimum Gasteiger partial charge on any atom is -0.381 e. The van der Waals surface area contributed by atoms with E-state index in [4.69, 9.17) is 21.3 Å². The quantitative estimate of drug-likeness (QED) is 0.340. The standard InChI is InChI=1S/C19H28ClN3O3S.HI/c1-2-21-18(23-15-7-12-27(24,25)13-15)22-14-19(8-10-26-11-9-19)16-5-3-4-6-17(16)20;/h3-6,15H,2,7-14H2,1H3,(H2,21,22,23);1H. The van der Waals surface area contributed by atoms with Crippen LogP contribution in [0.4, 0.5) is 0 Å². The zero-order valence-corrected chi connectivity index (χ0v) is 20.0. The molecule has 2 aliphatic heterocycles. The van der Waals surface area contributed by atoms with Crippen LogP contribution in [0.3, 0.4) is 0 Å². The number of aliphatic imine (C=N–C) groups is 1. The van der Waals surface area contributed by atoms with Crippen LogP contribution in [0.25, 0.3) is 0 Å². The first-order valence-corrected chi connectivity index (χ1v) is 11.7. The summed E-state index contributed by atoms with van der Waals surface area (Å²) in [5, 5.41) is 7.29. The van der Waals surface area contributed by atoms with Gasteiger partial charge in [0.1, 0.15) is 0 Å². The summed E-state index contributed by atoms with van der Waals surface area (Å²) in [6.45, 7) is 4.67. The van der Waals surface area contributed by atoms with E-state index in [0.717, 1.165) is 23.4 Å². The van der Waals surface area contributed by atoms with Crippen molar-refractivity contribution in [3.05, 3.63) is 34.9 Å². The molecule has 0 saturated carbocycles. The van der Waals surface area contributed by atoms with Gasteiger partial charge < -0.3 is 15.4 Å². The Bertz CT molecular complexity index is 782. The molecular weight excluding hydrogens is 513 g/mol. The molecule has 6 nitrogen and oxygen atoms in total. The Morgan fingerprint density at radius 3 is 2.64 bits per heavy atom. The van der Waals surface area contributed by atoms with Crippen LogP contribution < -0.4 is 10.6 Å². The summed E-state index contributed by atoms with van der Waals surface area (Å²) in [4.78, 5) is 4.82. The Balaban J connectivity index is 0.00000280. The van der Waals surface area contributed by atoms with Crippen molar-refractivity contribution in [3.8, 4) is 0 Å². The highest BCUT2D eigenvalue weighted by Crippen LogP contribution is 2.38. The molecule has 2 fully saturated rings. The van der Waals surface area contributed by atoms with Gasteiger partial charge in [-0.3, -0.25) is 4.99 Å². The van der Waals surface area contributed by atoms with E-state index in [9.17, 15) is 8.42 Å². The fourth-order valence-electron chi connectivity index (χ4n) is 3.82. The van der Waals surface area contributed by atoms with Crippen molar-refractivity contribution in [3.63, 3.8) is 0 Å². The Hall–Kier alpha value is -0.580. The molecule has 158 valence electrons. The number of guanidine groups is 1. The van der Waals surface area contributed by atoms with Crippen LogP contribution in [0.1, 0.15) is 31.7 Å². The third-order valence-electron chi connectivity index (χ3n) is 5.35. The van der Waals surface area contributed by atoms with Crippen molar-refractivity contribution in [1.29, 1.82) is 0 Å². The largest absolute Gasteiger partial charge is 0.381 e. The second kappa shape index (κ2) is 10.4. The molecule has 0 bridgehead atoms. The minimum atomic E-state index is -2.93. The maximum absolute atomic E-state index is 11.7. The summed E-state index contributed by atoms with van der Waals surface area (Å²) in [5.41, 5.74) is 0.943. The van der Waals surface area contributed by atoms with Gasteiger partial charge in [-0.15, -0.1) is 24.0 Å². The molecular formula is C19H29ClIN3O3S. The Morgan fingerprint density at radius 2 is 2.04 bits per heavy atom. The number of hydrogen-bond donors (Lipinski definition) is 2. The van der Waals surface area contributed by atoms with Gasteiger partial charge in [0.15, 0.2) is 15.8 Å². The zero-order chi connectivity index (χ0) is 19.3. The molecule has 1 unspecified atom stereocenters. The summed E-state index contributed by atoms with van der Waals surface area (Å²) in [6, 6.07) is 7.86. The molecule has 28 heavy (non-hydrogen) atoms. The number of sulfone groups is 1. The van der Waals surface area contributed by atoms with E-state index in [1.807, 2.05) is 25.1 Å². The fourth-order valence-corrected chi connectivity index (χ4v) is 5.83. The van der Waals surface area contributed by atoms with Crippen LogP contribution in [0.2, 0.25) is 5.02 Å². The number of ether oxygens (including phenoxy) is 1. The summed E-state index contributed by atoms with van der Waals surface area (Å²) in [6.07, 6.45) is 2.34. The monoisotopic (exact) mass is 541 g/mol. The van der Waals surface area contributed by atoms with Crippen LogP contribution in [-0.4, -0.2) is 58.2 Å². The van der Waals surface area contributed by atoms with Crippen molar-refractivity contribution in [2.24, 2.45) is 4.99 Å². The number of nitrogens with one attached hydrogen (secondary N) is 2. The van der Waals surface area contributed by atoms with Gasteiger partial charge in [0.2, 0.25) is 0 Å². The molecule has 1 atom stereocenters. The van der Waals surface area contributed by atoms with E-state index in [2.05, 4.69) is 16.7 Å². The van der Waals surface area contributed by atoms with Crippen LogP contribution in [-0.2, 0) is 20.0 Å². The lowest BCUT2D eigenvalue weighted by molar-refractivity contribution is 0.0531. The molecule has 2 heterocycles. The van der Waals surface area contributed by atoms with E-state index in [-0.39, 0.29) is 46.9 Å². The number of rotatable bonds is 5. The average Bonchev–Trinajstić information content (AvgIpc) is 2.99. The lowest BCUT2D eigenvalue weighted by Crippen LogP contribution is -2.45. The number of halogens is 2. The molecule has 2 N–H and O–H groups in total. The molecule has 0 radical (unpaired) electrons. The molecule has 9 heteroatoms. The van der Waals surface area contributed by atoms with E-state index >= 15 is 0 Å². The van der Waals surface area contributed by atoms with Gasteiger partial charge in [0.25, 0.3) is 0 Å². The van der Waals surface area contributed by atoms with Crippen molar-refractivity contribution in [1.82, 2.24) is 10.6 Å². The fraction of sp³-hybridized carbons (Fsp3) is 0.632. The van der Waals surface area contributed by atoms with E-state index in [1.165, 1.54) is 0 Å². The average molecular weight is 542 g/mol. The predicted molar refractivity (Wildman–Crippen MR) is 125 cm³/mol. The highest BCUT2D eigenvalue weighted by atomic mass is 127. The Morgan fingerprint density at radius 1 is 1.32 bits per heavy atom. The smallest absolute Gasteiger partial charge is 0.191 e. The molecule has 2 aliphatic rings. The van der Waals surface area contributed by atoms with Crippen LogP contribution in [0.15, 0.2) is 29.3 Å². The van der Waals surface area contributed by atoms with Gasteiger partial charge in [-0.25, -0.2) is 8.42 Å². The van der Waals surface area contributed by atoms with Crippen molar-refractivity contribution in [2.45, 2.75) is 37.6 Å². The maximum Gasteiger partial charge on any atom is 0.191 e. The second-order valence-corrected chi connectivity index (χ2v) is 9.95. The van der Waals surface area contributed by atoms with Gasteiger partial charge in [0.05, 0.1) is 18.1 Å². The van der Waals surface area contributed by atoms with Gasteiger partial charge in [0, 0.05) is 36.2 Å². The van der Waals surface area contributed by atoms with Gasteiger partial charge in [-0.1, -0.05) is 29.8 Å². The molecule has 2 saturated heterocycles. The summed E-state index contributed by atoms with van der Waals surface area (Å²) in [5.74, 6) is 1.07. The third-order valence-corrected chi connectivity index (χ3v) is 7.45. The zero-order valence-electron chi connectivity index (χ0n) is 16.1. The molecule has 0 aliphatic carbocycles. The molecule has 1 aromatic rings. The molecule has 0 aromatic heterocycles. The van der Waals surface area contributed by atoms with Crippen LogP contribution in [0.5, 0.6) is 0 Å². The normalized spacial score (nSPS) is 23.6. The van der Waals surface area contributed by atoms with E-state index < -0.39 is 9.84 Å². The summed E-state index contributed by atoms with van der Waals surface area (Å²) in [7, 11) is -2.93. The maximum atomic E-state index is 11.7. The molecule has 3 rings (SSSR count). The van der Waals surface area contributed by atoms with Crippen molar-refractivity contribution < 1.29 is 13.2 Å². The van der Waals surface area contributed by atoms with Crippen molar-refractivity contribution >= 4 is 51.4 Å². The Kier molecular flexibility index (Phi) is 8.84. The predicted octanol–water partition coefficient (Wildman–Crippen LogP) is 2.75. The first-order chi connectivity index (χ1) is 12.9. The highest BCUT2D eigenvalue weighted by Gasteiger charge is 2.36. The first-order valence-electron chi connectivity index (χ1n) is 9.52. The highest BCUT2D eigenvalue weighted by molar-refractivity contribution is 14.0. The first kappa shape index (κ1) is 23.7. The molecule has 0 amide bonds. The Labute approximate surface area is 189 Å². The molecule has 0 spiro atoms. The topological polar surface area (TPSA) is 79.8 Å². The third kappa shape index (κ3) is 5.96. The number of benzene rings is 1. The summed E-state index contributed by atoms with van der Waals surface area (Å²) < 4.78 is 29.0. The SMILES string of the molecule is CCNC(=NCC1(c2ccccc2Cl)CCOCC1)NC1CCS(=O)(=O)C1.I. The molecule has 1 aromatic carbocycles. The number of hydrogen-bond acceptors (Lipinski definition) is 4. The summed E-state index contributed by atoms with van der Waals surface area (Å²) >= 11 is 6.51. The van der Waals surface area contributed by atoms with E-state index in [0.29, 0.717) is 38.7 Å². The van der Waals surface area contributed by atoms with Gasteiger partial charge in [-0.2, -0.15) is 0 Å². The minimum absolute atomic E-state index is 0. The van der Waals surface area contributed by atoms with E-state index in [1.54, 1.807) is 0 Å². The van der Waals surface area contributed by atoms with Gasteiger partial charge in [-0.05, 0) is 37.8 Å².